The predicted octanol–water partition coefficient (Wildman–Crippen LogP) is 2.07. The van der Waals surface area contributed by atoms with Crippen LogP contribution in [0.5, 0.6) is 0 Å². The van der Waals surface area contributed by atoms with Gasteiger partial charge < -0.3 is 9.63 Å². The Morgan fingerprint density at radius 3 is 2.71 bits per heavy atom. The number of hydrogen-bond acceptors (Lipinski definition) is 6. The van der Waals surface area contributed by atoms with Gasteiger partial charge in [0.05, 0.1) is 10.5 Å². The van der Waals surface area contributed by atoms with Crippen molar-refractivity contribution in [2.45, 2.75) is 24.0 Å². The first kappa shape index (κ1) is 15.6. The fourth-order valence-corrected chi connectivity index (χ4v) is 3.22. The van der Waals surface area contributed by atoms with Crippen molar-refractivity contribution in [3.8, 4) is 0 Å². The van der Waals surface area contributed by atoms with Gasteiger partial charge in [-0.25, -0.2) is 13.2 Å². The third kappa shape index (κ3) is 3.48. The molecule has 0 bridgehead atoms. The van der Waals surface area contributed by atoms with E-state index in [0.717, 1.165) is 6.07 Å². The van der Waals surface area contributed by atoms with Gasteiger partial charge in [0.15, 0.2) is 15.7 Å². The van der Waals surface area contributed by atoms with E-state index in [1.165, 1.54) is 12.1 Å². The first-order chi connectivity index (χ1) is 9.83. The van der Waals surface area contributed by atoms with Gasteiger partial charge in [0.2, 0.25) is 5.89 Å². The van der Waals surface area contributed by atoms with Crippen molar-refractivity contribution in [2.24, 2.45) is 0 Å². The molecule has 0 atom stereocenters. The number of benzene rings is 1. The minimum absolute atomic E-state index is 0.0478. The van der Waals surface area contributed by atoms with E-state index in [2.05, 4.69) is 26.1 Å². The van der Waals surface area contributed by atoms with Crippen molar-refractivity contribution in [3.05, 3.63) is 40.0 Å². The SMILES string of the molecule is CCc1nc(CS(=O)(=O)c2ccc(Br)c(C(=O)O)c2)no1. The maximum Gasteiger partial charge on any atom is 0.336 e. The van der Waals surface area contributed by atoms with Crippen molar-refractivity contribution in [1.29, 1.82) is 0 Å². The van der Waals surface area contributed by atoms with E-state index in [-0.39, 0.29) is 16.3 Å². The second kappa shape index (κ2) is 5.94. The summed E-state index contributed by atoms with van der Waals surface area (Å²) in [5.74, 6) is -1.27. The van der Waals surface area contributed by atoms with E-state index < -0.39 is 21.6 Å². The number of carbonyl (C=O) groups is 1. The Kier molecular flexibility index (Phi) is 4.43. The fourth-order valence-electron chi connectivity index (χ4n) is 1.61. The van der Waals surface area contributed by atoms with E-state index in [4.69, 9.17) is 9.63 Å². The number of carboxylic acid groups (broad SMARTS) is 1. The topological polar surface area (TPSA) is 110 Å². The van der Waals surface area contributed by atoms with Crippen LogP contribution in [-0.2, 0) is 22.0 Å². The number of carboxylic acids is 1. The Balaban J connectivity index is 2.35. The first-order valence-electron chi connectivity index (χ1n) is 5.90. The van der Waals surface area contributed by atoms with Crippen molar-refractivity contribution in [3.63, 3.8) is 0 Å². The Hall–Kier alpha value is -1.74. The molecule has 0 saturated heterocycles. The molecule has 2 rings (SSSR count). The van der Waals surface area contributed by atoms with Crippen LogP contribution in [0.15, 0.2) is 32.1 Å². The van der Waals surface area contributed by atoms with Gasteiger partial charge in [0.25, 0.3) is 0 Å². The van der Waals surface area contributed by atoms with E-state index in [1.807, 2.05) is 0 Å². The standard InChI is InChI=1S/C12H11BrN2O5S/c1-2-11-14-10(15-20-11)6-21(18,19)7-3-4-9(13)8(5-7)12(16)17/h3-5H,2,6H2,1H3,(H,16,17). The summed E-state index contributed by atoms with van der Waals surface area (Å²) in [6.45, 7) is 1.81. The lowest BCUT2D eigenvalue weighted by Crippen LogP contribution is -2.08. The van der Waals surface area contributed by atoms with Crippen LogP contribution in [0.2, 0.25) is 0 Å². The molecule has 0 fully saturated rings. The largest absolute Gasteiger partial charge is 0.478 e. The molecule has 1 N–H and O–H groups in total. The Labute approximate surface area is 129 Å². The molecule has 7 nitrogen and oxygen atoms in total. The van der Waals surface area contributed by atoms with Crippen LogP contribution in [-0.4, -0.2) is 29.6 Å². The summed E-state index contributed by atoms with van der Waals surface area (Å²) in [5, 5.41) is 12.6. The second-order valence-electron chi connectivity index (χ2n) is 4.16. The molecule has 0 saturated carbocycles. The third-order valence-corrected chi connectivity index (χ3v) is 4.96. The van der Waals surface area contributed by atoms with Gasteiger partial charge in [-0.05, 0) is 34.1 Å². The minimum Gasteiger partial charge on any atom is -0.478 e. The van der Waals surface area contributed by atoms with E-state index in [0.29, 0.717) is 16.8 Å². The van der Waals surface area contributed by atoms with Crippen molar-refractivity contribution < 1.29 is 22.8 Å². The average Bonchev–Trinajstić information content (AvgIpc) is 2.85. The molecule has 0 amide bonds. The lowest BCUT2D eigenvalue weighted by molar-refractivity contribution is 0.0695. The van der Waals surface area contributed by atoms with Crippen molar-refractivity contribution in [1.82, 2.24) is 10.1 Å². The number of aromatic carboxylic acids is 1. The summed E-state index contributed by atoms with van der Waals surface area (Å²) in [6.07, 6.45) is 0.508. The summed E-state index contributed by atoms with van der Waals surface area (Å²) in [4.78, 5) is 14.9. The summed E-state index contributed by atoms with van der Waals surface area (Å²) in [7, 11) is -3.75. The van der Waals surface area contributed by atoms with Gasteiger partial charge in [-0.1, -0.05) is 12.1 Å². The van der Waals surface area contributed by atoms with Crippen LogP contribution in [0.3, 0.4) is 0 Å². The minimum atomic E-state index is -3.75. The smallest absolute Gasteiger partial charge is 0.336 e. The molecule has 1 aromatic heterocycles. The molecule has 1 aromatic carbocycles. The van der Waals surface area contributed by atoms with Crippen LogP contribution in [0.4, 0.5) is 0 Å². The first-order valence-corrected chi connectivity index (χ1v) is 8.35. The lowest BCUT2D eigenvalue weighted by atomic mass is 10.2. The molecule has 0 aliphatic heterocycles. The van der Waals surface area contributed by atoms with Crippen molar-refractivity contribution >= 4 is 31.7 Å². The summed E-state index contributed by atoms with van der Waals surface area (Å²) >= 11 is 3.06. The van der Waals surface area contributed by atoms with Gasteiger partial charge in [0.1, 0.15) is 5.75 Å². The highest BCUT2D eigenvalue weighted by atomic mass is 79.9. The zero-order valence-electron chi connectivity index (χ0n) is 10.9. The summed E-state index contributed by atoms with van der Waals surface area (Å²) in [6, 6.07) is 3.80. The predicted molar refractivity (Wildman–Crippen MR) is 75.7 cm³/mol. The van der Waals surface area contributed by atoms with Gasteiger partial charge in [-0.3, -0.25) is 0 Å². The second-order valence-corrected chi connectivity index (χ2v) is 7.01. The molecule has 0 spiro atoms. The Bertz CT molecular complexity index is 785. The molecule has 0 aliphatic carbocycles. The molecule has 0 radical (unpaired) electrons. The lowest BCUT2D eigenvalue weighted by Gasteiger charge is -2.04. The fraction of sp³-hybridized carbons (Fsp3) is 0.250. The van der Waals surface area contributed by atoms with Crippen LogP contribution < -0.4 is 0 Å². The summed E-state index contributed by atoms with van der Waals surface area (Å²) < 4.78 is 29.7. The van der Waals surface area contributed by atoms with E-state index >= 15 is 0 Å². The zero-order valence-corrected chi connectivity index (χ0v) is 13.3. The Morgan fingerprint density at radius 1 is 1.43 bits per heavy atom. The molecular weight excluding hydrogens is 364 g/mol. The highest BCUT2D eigenvalue weighted by molar-refractivity contribution is 9.10. The van der Waals surface area contributed by atoms with Crippen LogP contribution in [0.25, 0.3) is 0 Å². The molecule has 1 heterocycles. The third-order valence-electron chi connectivity index (χ3n) is 2.66. The van der Waals surface area contributed by atoms with Gasteiger partial charge in [-0.15, -0.1) is 0 Å². The van der Waals surface area contributed by atoms with Gasteiger partial charge in [-0.2, -0.15) is 4.98 Å². The zero-order chi connectivity index (χ0) is 15.6. The molecule has 21 heavy (non-hydrogen) atoms. The quantitative estimate of drug-likeness (QED) is 0.852. The van der Waals surface area contributed by atoms with Crippen molar-refractivity contribution in [2.75, 3.05) is 0 Å². The summed E-state index contributed by atoms with van der Waals surface area (Å²) in [5.41, 5.74) is -0.126. The molecule has 9 heteroatoms. The number of halogens is 1. The average molecular weight is 375 g/mol. The highest BCUT2D eigenvalue weighted by Crippen LogP contribution is 2.23. The van der Waals surface area contributed by atoms with Crippen LogP contribution in [0, 0.1) is 0 Å². The molecule has 112 valence electrons. The normalized spacial score (nSPS) is 11.5. The maximum atomic E-state index is 12.3. The van der Waals surface area contributed by atoms with E-state index in [9.17, 15) is 13.2 Å². The Morgan fingerprint density at radius 2 is 2.14 bits per heavy atom. The number of sulfone groups is 1. The van der Waals surface area contributed by atoms with Gasteiger partial charge >= 0.3 is 5.97 Å². The van der Waals surface area contributed by atoms with Crippen LogP contribution >= 0.6 is 15.9 Å². The number of hydrogen-bond donors (Lipinski definition) is 1. The number of aryl methyl sites for hydroxylation is 1. The molecule has 0 unspecified atom stereocenters. The number of aromatic nitrogens is 2. The molecule has 0 aliphatic rings. The molecule has 2 aromatic rings. The molecular formula is C12H11BrN2O5S. The maximum absolute atomic E-state index is 12.3. The monoisotopic (exact) mass is 374 g/mol. The van der Waals surface area contributed by atoms with Gasteiger partial charge in [0, 0.05) is 10.9 Å². The highest BCUT2D eigenvalue weighted by Gasteiger charge is 2.21. The van der Waals surface area contributed by atoms with E-state index in [1.54, 1.807) is 6.92 Å². The van der Waals surface area contributed by atoms with Crippen LogP contribution in [0.1, 0.15) is 29.0 Å². The number of rotatable bonds is 5. The number of nitrogens with zero attached hydrogens (tertiary/aromatic N) is 2.